The lowest BCUT2D eigenvalue weighted by Crippen LogP contribution is -2.12. The zero-order valence-electron chi connectivity index (χ0n) is 17.1. The van der Waals surface area contributed by atoms with Gasteiger partial charge < -0.3 is 14.6 Å². The van der Waals surface area contributed by atoms with E-state index in [1.54, 1.807) is 6.07 Å². The second-order valence-electron chi connectivity index (χ2n) is 7.14. The molecule has 30 heavy (non-hydrogen) atoms. The predicted octanol–water partition coefficient (Wildman–Crippen LogP) is 6.11. The molecule has 0 atom stereocenters. The molecular formula is C25H26O5. The number of carbonyl (C=O) groups is 2. The number of carboxylic acid groups (broad SMARTS) is 1. The molecule has 0 unspecified atom stereocenters. The van der Waals surface area contributed by atoms with E-state index in [4.69, 9.17) is 14.6 Å². The smallest absolute Gasteiger partial charge is 0.347 e. The summed E-state index contributed by atoms with van der Waals surface area (Å²) >= 11 is 0. The van der Waals surface area contributed by atoms with E-state index in [0.717, 1.165) is 23.6 Å². The van der Waals surface area contributed by atoms with Gasteiger partial charge in [-0.2, -0.15) is 0 Å². The van der Waals surface area contributed by atoms with E-state index in [2.05, 4.69) is 6.92 Å². The number of benzene rings is 3. The molecule has 3 aromatic carbocycles. The minimum atomic E-state index is -1.03. The van der Waals surface area contributed by atoms with Crippen molar-refractivity contribution in [3.8, 4) is 11.5 Å². The van der Waals surface area contributed by atoms with Crippen molar-refractivity contribution in [2.45, 2.75) is 39.0 Å². The Hall–Kier alpha value is -3.34. The summed E-state index contributed by atoms with van der Waals surface area (Å²) in [5, 5.41) is 10.7. The van der Waals surface area contributed by atoms with Gasteiger partial charge in [0.15, 0.2) is 0 Å². The molecule has 0 amide bonds. The van der Waals surface area contributed by atoms with Gasteiger partial charge >= 0.3 is 11.9 Å². The van der Waals surface area contributed by atoms with Crippen LogP contribution in [0, 0.1) is 0 Å². The van der Waals surface area contributed by atoms with E-state index in [1.165, 1.54) is 43.5 Å². The van der Waals surface area contributed by atoms with Crippen LogP contribution in [-0.2, 0) is 0 Å². The Morgan fingerprint density at radius 1 is 0.867 bits per heavy atom. The molecule has 156 valence electrons. The van der Waals surface area contributed by atoms with E-state index in [-0.39, 0.29) is 11.3 Å². The van der Waals surface area contributed by atoms with Gasteiger partial charge in [-0.25, -0.2) is 9.59 Å². The van der Waals surface area contributed by atoms with Crippen molar-refractivity contribution >= 4 is 22.7 Å². The minimum absolute atomic E-state index is 0.132. The molecule has 0 saturated heterocycles. The normalized spacial score (nSPS) is 10.7. The molecule has 0 saturated carbocycles. The average molecular weight is 406 g/mol. The van der Waals surface area contributed by atoms with Crippen molar-refractivity contribution in [3.63, 3.8) is 0 Å². The predicted molar refractivity (Wildman–Crippen MR) is 117 cm³/mol. The highest BCUT2D eigenvalue weighted by molar-refractivity contribution is 6.07. The summed E-state index contributed by atoms with van der Waals surface area (Å²) in [5.41, 5.74) is 0.510. The molecule has 1 N–H and O–H groups in total. The Balaban J connectivity index is 1.80. The summed E-state index contributed by atoms with van der Waals surface area (Å²) in [6.07, 6.45) is 5.61. The first-order valence-electron chi connectivity index (χ1n) is 10.3. The first-order valence-corrected chi connectivity index (χ1v) is 10.3. The monoisotopic (exact) mass is 406 g/mol. The highest BCUT2D eigenvalue weighted by Crippen LogP contribution is 2.30. The van der Waals surface area contributed by atoms with E-state index >= 15 is 0 Å². The van der Waals surface area contributed by atoms with Gasteiger partial charge in [0.1, 0.15) is 17.1 Å². The van der Waals surface area contributed by atoms with Gasteiger partial charge in [-0.15, -0.1) is 0 Å². The second-order valence-corrected chi connectivity index (χ2v) is 7.14. The van der Waals surface area contributed by atoms with E-state index < -0.39 is 11.9 Å². The molecule has 3 aromatic rings. The van der Waals surface area contributed by atoms with Crippen molar-refractivity contribution in [1.29, 1.82) is 0 Å². The number of esters is 1. The molecular weight excluding hydrogens is 380 g/mol. The minimum Gasteiger partial charge on any atom is -0.493 e. The van der Waals surface area contributed by atoms with E-state index in [1.807, 2.05) is 30.3 Å². The Morgan fingerprint density at radius 3 is 2.33 bits per heavy atom. The van der Waals surface area contributed by atoms with E-state index in [0.29, 0.717) is 17.9 Å². The van der Waals surface area contributed by atoms with Crippen LogP contribution in [0.15, 0.2) is 60.7 Å². The SMILES string of the molecule is CCCCCCCOc1ccc2ccccc2c1C(=O)Oc1ccc(C(=O)O)cc1. The lowest BCUT2D eigenvalue weighted by atomic mass is 10.0. The molecule has 0 radical (unpaired) electrons. The third-order valence-electron chi connectivity index (χ3n) is 4.91. The van der Waals surface area contributed by atoms with Gasteiger partial charge in [0.2, 0.25) is 0 Å². The van der Waals surface area contributed by atoms with Crippen LogP contribution in [0.4, 0.5) is 0 Å². The van der Waals surface area contributed by atoms with Gasteiger partial charge in [-0.05, 0) is 47.5 Å². The molecule has 0 fully saturated rings. The van der Waals surface area contributed by atoms with Gasteiger partial charge in [0.25, 0.3) is 0 Å². The summed E-state index contributed by atoms with van der Waals surface area (Å²) in [5.74, 6) is -0.785. The zero-order valence-corrected chi connectivity index (χ0v) is 17.1. The fraction of sp³-hybridized carbons (Fsp3) is 0.280. The third kappa shape index (κ3) is 5.38. The van der Waals surface area contributed by atoms with Crippen LogP contribution >= 0.6 is 0 Å². The molecule has 5 nitrogen and oxygen atoms in total. The van der Waals surface area contributed by atoms with Crippen LogP contribution < -0.4 is 9.47 Å². The van der Waals surface area contributed by atoms with Crippen LogP contribution in [0.3, 0.4) is 0 Å². The maximum absolute atomic E-state index is 13.0. The molecule has 0 aliphatic heterocycles. The molecule has 0 aliphatic rings. The number of hydrogen-bond acceptors (Lipinski definition) is 4. The Bertz CT molecular complexity index is 1010. The van der Waals surface area contributed by atoms with Gasteiger partial charge in [0.05, 0.1) is 12.2 Å². The Labute approximate surface area is 176 Å². The molecule has 3 rings (SSSR count). The molecule has 0 heterocycles. The van der Waals surface area contributed by atoms with Crippen LogP contribution in [0.1, 0.15) is 59.7 Å². The van der Waals surface area contributed by atoms with Gasteiger partial charge in [0, 0.05) is 0 Å². The fourth-order valence-corrected chi connectivity index (χ4v) is 3.29. The van der Waals surface area contributed by atoms with E-state index in [9.17, 15) is 9.59 Å². The Morgan fingerprint density at radius 2 is 1.60 bits per heavy atom. The number of unbranched alkanes of at least 4 members (excludes halogenated alkanes) is 4. The molecule has 5 heteroatoms. The molecule has 0 aliphatic carbocycles. The van der Waals surface area contributed by atoms with Crippen molar-refractivity contribution < 1.29 is 24.2 Å². The number of ether oxygens (including phenoxy) is 2. The number of hydrogen-bond donors (Lipinski definition) is 1. The number of aromatic carboxylic acids is 1. The van der Waals surface area contributed by atoms with Crippen molar-refractivity contribution in [2.24, 2.45) is 0 Å². The van der Waals surface area contributed by atoms with Crippen molar-refractivity contribution in [1.82, 2.24) is 0 Å². The maximum Gasteiger partial charge on any atom is 0.347 e. The van der Waals surface area contributed by atoms with Crippen LogP contribution in [0.25, 0.3) is 10.8 Å². The first-order chi connectivity index (χ1) is 14.6. The molecule has 0 bridgehead atoms. The summed E-state index contributed by atoms with van der Waals surface area (Å²) in [6.45, 7) is 2.72. The average Bonchev–Trinajstić information content (AvgIpc) is 2.76. The molecule has 0 aromatic heterocycles. The Kier molecular flexibility index (Phi) is 7.44. The largest absolute Gasteiger partial charge is 0.493 e. The quantitative estimate of drug-likeness (QED) is 0.250. The molecule has 0 spiro atoms. The number of carbonyl (C=O) groups excluding carboxylic acids is 1. The summed E-state index contributed by atoms with van der Waals surface area (Å²) in [4.78, 5) is 24.0. The first kappa shape index (κ1) is 21.4. The highest BCUT2D eigenvalue weighted by atomic mass is 16.5. The van der Waals surface area contributed by atoms with Crippen molar-refractivity contribution in [3.05, 3.63) is 71.8 Å². The van der Waals surface area contributed by atoms with Gasteiger partial charge in [-0.3, -0.25) is 0 Å². The second kappa shape index (κ2) is 10.4. The van der Waals surface area contributed by atoms with Gasteiger partial charge in [-0.1, -0.05) is 62.9 Å². The lowest BCUT2D eigenvalue weighted by molar-refractivity contribution is 0.0696. The van der Waals surface area contributed by atoms with Crippen LogP contribution in [0.2, 0.25) is 0 Å². The maximum atomic E-state index is 13.0. The summed E-state index contributed by atoms with van der Waals surface area (Å²) in [6, 6.07) is 17.1. The standard InChI is InChI=1S/C25H26O5/c1-2-3-4-5-8-17-29-22-16-13-18-9-6-7-10-21(18)23(22)25(28)30-20-14-11-19(12-15-20)24(26)27/h6-7,9-16H,2-5,8,17H2,1H3,(H,26,27). The highest BCUT2D eigenvalue weighted by Gasteiger charge is 2.19. The van der Waals surface area contributed by atoms with Crippen LogP contribution in [0.5, 0.6) is 11.5 Å². The lowest BCUT2D eigenvalue weighted by Gasteiger charge is -2.14. The third-order valence-corrected chi connectivity index (χ3v) is 4.91. The zero-order chi connectivity index (χ0) is 21.3. The van der Waals surface area contributed by atoms with Crippen LogP contribution in [-0.4, -0.2) is 23.7 Å². The summed E-state index contributed by atoms with van der Waals surface area (Å²) in [7, 11) is 0. The summed E-state index contributed by atoms with van der Waals surface area (Å²) < 4.78 is 11.5. The topological polar surface area (TPSA) is 72.8 Å². The number of fused-ring (bicyclic) bond motifs is 1. The van der Waals surface area contributed by atoms with Crippen molar-refractivity contribution in [2.75, 3.05) is 6.61 Å². The number of rotatable bonds is 10. The fourth-order valence-electron chi connectivity index (χ4n) is 3.29. The number of carboxylic acids is 1.